The van der Waals surface area contributed by atoms with Crippen LogP contribution in [-0.4, -0.2) is 50.2 Å². The van der Waals surface area contributed by atoms with Crippen molar-refractivity contribution >= 4 is 0 Å². The third-order valence-corrected chi connectivity index (χ3v) is 4.19. The standard InChI is InChI=1S/C13H29N3/c1-12-11-15-8-5-7-14-9-6-10-16(4)13(12,2)3/h12,14-15H,5-11H2,1-4H3. The number of nitrogens with zero attached hydrogens (tertiary/aromatic N) is 1. The molecule has 3 heteroatoms. The van der Waals surface area contributed by atoms with Gasteiger partial charge in [-0.3, -0.25) is 0 Å². The molecule has 1 unspecified atom stereocenters. The van der Waals surface area contributed by atoms with Crippen molar-refractivity contribution in [1.29, 1.82) is 0 Å². The normalized spacial score (nSPS) is 30.4. The zero-order chi connectivity index (χ0) is 12.0. The van der Waals surface area contributed by atoms with Crippen molar-refractivity contribution in [3.05, 3.63) is 0 Å². The van der Waals surface area contributed by atoms with E-state index in [-0.39, 0.29) is 5.54 Å². The fourth-order valence-electron chi connectivity index (χ4n) is 2.14. The first kappa shape index (κ1) is 13.9. The SMILES string of the molecule is CC1CNCCCNCCCN(C)C1(C)C. The average molecular weight is 227 g/mol. The van der Waals surface area contributed by atoms with Gasteiger partial charge in [-0.05, 0) is 72.4 Å². The highest BCUT2D eigenvalue weighted by Gasteiger charge is 2.29. The molecule has 0 aliphatic carbocycles. The van der Waals surface area contributed by atoms with Gasteiger partial charge < -0.3 is 15.5 Å². The largest absolute Gasteiger partial charge is 0.317 e. The molecule has 1 heterocycles. The van der Waals surface area contributed by atoms with Crippen LogP contribution in [0, 0.1) is 5.92 Å². The highest BCUT2D eigenvalue weighted by atomic mass is 15.2. The summed E-state index contributed by atoms with van der Waals surface area (Å²) in [7, 11) is 2.25. The molecule has 0 bridgehead atoms. The maximum atomic E-state index is 3.56. The first-order valence-electron chi connectivity index (χ1n) is 6.68. The summed E-state index contributed by atoms with van der Waals surface area (Å²) in [6, 6.07) is 0. The molecule has 1 atom stereocenters. The van der Waals surface area contributed by atoms with Crippen LogP contribution in [-0.2, 0) is 0 Å². The van der Waals surface area contributed by atoms with E-state index in [1.54, 1.807) is 0 Å². The van der Waals surface area contributed by atoms with Crippen LogP contribution in [0.2, 0.25) is 0 Å². The quantitative estimate of drug-likeness (QED) is 0.653. The van der Waals surface area contributed by atoms with Crippen molar-refractivity contribution in [3.63, 3.8) is 0 Å². The van der Waals surface area contributed by atoms with Crippen LogP contribution < -0.4 is 10.6 Å². The van der Waals surface area contributed by atoms with Crippen LogP contribution in [0.5, 0.6) is 0 Å². The van der Waals surface area contributed by atoms with Crippen molar-refractivity contribution in [2.75, 3.05) is 39.8 Å². The molecule has 3 nitrogen and oxygen atoms in total. The van der Waals surface area contributed by atoms with Gasteiger partial charge in [0.05, 0.1) is 0 Å². The van der Waals surface area contributed by atoms with E-state index in [2.05, 4.69) is 43.4 Å². The summed E-state index contributed by atoms with van der Waals surface area (Å²) in [5.41, 5.74) is 0.284. The molecule has 0 saturated carbocycles. The minimum atomic E-state index is 0.284. The van der Waals surface area contributed by atoms with Gasteiger partial charge in [-0.2, -0.15) is 0 Å². The summed E-state index contributed by atoms with van der Waals surface area (Å²) >= 11 is 0. The van der Waals surface area contributed by atoms with Crippen molar-refractivity contribution < 1.29 is 0 Å². The second-order valence-corrected chi connectivity index (χ2v) is 5.64. The average Bonchev–Trinajstić information content (AvgIpc) is 2.24. The molecule has 0 aromatic rings. The van der Waals surface area contributed by atoms with Crippen LogP contribution in [0.1, 0.15) is 33.6 Å². The summed E-state index contributed by atoms with van der Waals surface area (Å²) in [5, 5.41) is 7.06. The molecule has 1 aliphatic heterocycles. The van der Waals surface area contributed by atoms with Crippen molar-refractivity contribution in [2.45, 2.75) is 39.2 Å². The molecule has 1 rings (SSSR count). The molecule has 0 aromatic heterocycles. The van der Waals surface area contributed by atoms with E-state index < -0.39 is 0 Å². The Labute approximate surface area is 101 Å². The third-order valence-electron chi connectivity index (χ3n) is 4.19. The molecule has 1 saturated heterocycles. The van der Waals surface area contributed by atoms with E-state index >= 15 is 0 Å². The Morgan fingerprint density at radius 3 is 2.44 bits per heavy atom. The summed E-state index contributed by atoms with van der Waals surface area (Å²) in [6.07, 6.45) is 2.49. The highest BCUT2D eigenvalue weighted by Crippen LogP contribution is 2.22. The van der Waals surface area contributed by atoms with Crippen LogP contribution in [0.3, 0.4) is 0 Å². The topological polar surface area (TPSA) is 27.3 Å². The van der Waals surface area contributed by atoms with Gasteiger partial charge in [-0.1, -0.05) is 6.92 Å². The molecule has 0 radical (unpaired) electrons. The molecule has 1 fully saturated rings. The van der Waals surface area contributed by atoms with Gasteiger partial charge in [0.25, 0.3) is 0 Å². The maximum Gasteiger partial charge on any atom is 0.0187 e. The van der Waals surface area contributed by atoms with Gasteiger partial charge in [-0.25, -0.2) is 0 Å². The smallest absolute Gasteiger partial charge is 0.0187 e. The van der Waals surface area contributed by atoms with E-state index in [1.165, 1.54) is 19.4 Å². The minimum Gasteiger partial charge on any atom is -0.317 e. The lowest BCUT2D eigenvalue weighted by molar-refractivity contribution is 0.0944. The third kappa shape index (κ3) is 4.04. The minimum absolute atomic E-state index is 0.284. The molecular weight excluding hydrogens is 198 g/mol. The Balaban J connectivity index is 2.52. The fourth-order valence-corrected chi connectivity index (χ4v) is 2.14. The molecular formula is C13H29N3. The van der Waals surface area contributed by atoms with Crippen LogP contribution in [0.25, 0.3) is 0 Å². The van der Waals surface area contributed by atoms with Gasteiger partial charge in [0.2, 0.25) is 0 Å². The van der Waals surface area contributed by atoms with Crippen LogP contribution >= 0.6 is 0 Å². The number of nitrogens with one attached hydrogen (secondary N) is 2. The Morgan fingerprint density at radius 2 is 1.69 bits per heavy atom. The fraction of sp³-hybridized carbons (Fsp3) is 1.00. The predicted molar refractivity (Wildman–Crippen MR) is 70.8 cm³/mol. The summed E-state index contributed by atoms with van der Waals surface area (Å²) in [4.78, 5) is 2.50. The van der Waals surface area contributed by atoms with Gasteiger partial charge in [0.1, 0.15) is 0 Å². The lowest BCUT2D eigenvalue weighted by atomic mass is 9.87. The van der Waals surface area contributed by atoms with E-state index in [4.69, 9.17) is 0 Å². The Morgan fingerprint density at radius 1 is 1.06 bits per heavy atom. The molecule has 0 amide bonds. The van der Waals surface area contributed by atoms with Crippen molar-refractivity contribution in [2.24, 2.45) is 5.92 Å². The second kappa shape index (κ2) is 6.58. The molecule has 0 aromatic carbocycles. The van der Waals surface area contributed by atoms with Crippen molar-refractivity contribution in [1.82, 2.24) is 15.5 Å². The zero-order valence-electron chi connectivity index (χ0n) is 11.5. The van der Waals surface area contributed by atoms with Gasteiger partial charge in [-0.15, -0.1) is 0 Å². The number of hydrogen-bond acceptors (Lipinski definition) is 3. The lowest BCUT2D eigenvalue weighted by Gasteiger charge is -2.41. The van der Waals surface area contributed by atoms with E-state index in [0.29, 0.717) is 5.92 Å². The number of rotatable bonds is 0. The van der Waals surface area contributed by atoms with Gasteiger partial charge in [0, 0.05) is 5.54 Å². The van der Waals surface area contributed by atoms with E-state index in [9.17, 15) is 0 Å². The van der Waals surface area contributed by atoms with Crippen LogP contribution in [0.15, 0.2) is 0 Å². The Bertz CT molecular complexity index is 174. The summed E-state index contributed by atoms with van der Waals surface area (Å²) in [6.45, 7) is 12.8. The molecule has 96 valence electrons. The van der Waals surface area contributed by atoms with E-state index in [0.717, 1.165) is 26.2 Å². The molecule has 1 aliphatic rings. The second-order valence-electron chi connectivity index (χ2n) is 5.64. The van der Waals surface area contributed by atoms with Crippen molar-refractivity contribution in [3.8, 4) is 0 Å². The predicted octanol–water partition coefficient (Wildman–Crippen LogP) is 1.31. The lowest BCUT2D eigenvalue weighted by Crippen LogP contribution is -2.50. The molecule has 0 spiro atoms. The van der Waals surface area contributed by atoms with E-state index in [1.807, 2.05) is 0 Å². The van der Waals surface area contributed by atoms with Gasteiger partial charge >= 0.3 is 0 Å². The first-order valence-corrected chi connectivity index (χ1v) is 6.68. The molecule has 16 heavy (non-hydrogen) atoms. The van der Waals surface area contributed by atoms with Crippen LogP contribution in [0.4, 0.5) is 0 Å². The monoisotopic (exact) mass is 227 g/mol. The summed E-state index contributed by atoms with van der Waals surface area (Å²) in [5.74, 6) is 0.685. The Kier molecular flexibility index (Phi) is 5.73. The number of hydrogen-bond donors (Lipinski definition) is 2. The maximum absolute atomic E-state index is 3.56. The zero-order valence-corrected chi connectivity index (χ0v) is 11.5. The molecule has 2 N–H and O–H groups in total. The highest BCUT2D eigenvalue weighted by molar-refractivity contribution is 4.86. The Hall–Kier alpha value is -0.120. The summed E-state index contributed by atoms with van der Waals surface area (Å²) < 4.78 is 0. The van der Waals surface area contributed by atoms with Gasteiger partial charge in [0.15, 0.2) is 0 Å². The first-order chi connectivity index (χ1) is 7.55.